The van der Waals surface area contributed by atoms with E-state index in [1.165, 1.54) is 24.1 Å². The molecule has 0 bridgehead atoms. The number of β-lactam (4-membered cyclic amide) rings is 1. The number of thioether (sulfide) groups is 1. The monoisotopic (exact) mass is 840 g/mol. The molecular formula is C31H33ClN8O14S2. The number of thiazole rings is 1. The zero-order valence-electron chi connectivity index (χ0n) is 29.2. The normalized spacial score (nSPS) is 20.7. The topological polar surface area (TPSA) is 323 Å². The number of phenols is 2. The van der Waals surface area contributed by atoms with Gasteiger partial charge in [0.25, 0.3) is 5.91 Å². The molecule has 1 aromatic carbocycles. The number of carbonyl (C=O) groups is 8. The standard InChI is InChI=1S/C31H33ClN8O14S2/c1-30(2,26(48)49)54-36-20(15-11-55-28(33)34-15)18(43)10-14-23(46)37-12-31(27(50)51,56-25(14)37)38-8-9-39(29(38)52)35-22(45)17(42)4-3-7-40(53)24(47)13-5-6-16(41)21(44)19(13)32/h5-6,11,14,25,41,44,53H,3-4,7-10,12H2,1-2H3,(H2,33,34)(H,35,45)(H,48,49)(H,50,51)/b36-20-/t14-,25-,31-/m1/s1. The number of oxime groups is 1. The first-order valence-electron chi connectivity index (χ1n) is 16.3. The van der Waals surface area contributed by atoms with Gasteiger partial charge >= 0.3 is 23.9 Å². The number of carboxylic acid groups (broad SMARTS) is 2. The number of fused-ring (bicyclic) bond motifs is 1. The number of aromatic hydroxyl groups is 2. The maximum absolute atomic E-state index is 13.5. The highest BCUT2D eigenvalue weighted by Crippen LogP contribution is 2.53. The van der Waals surface area contributed by atoms with Crippen molar-refractivity contribution in [3.63, 3.8) is 0 Å². The van der Waals surface area contributed by atoms with Crippen LogP contribution in [0.15, 0.2) is 22.7 Å². The molecule has 0 radical (unpaired) electrons. The van der Waals surface area contributed by atoms with E-state index in [1.807, 2.05) is 0 Å². The lowest BCUT2D eigenvalue weighted by Gasteiger charge is -2.40. The van der Waals surface area contributed by atoms with E-state index in [9.17, 15) is 64.0 Å². The largest absolute Gasteiger partial charge is 0.504 e. The quantitative estimate of drug-likeness (QED) is 0.0298. The summed E-state index contributed by atoms with van der Waals surface area (Å²) in [7, 11) is 0. The molecule has 3 fully saturated rings. The van der Waals surface area contributed by atoms with E-state index in [0.717, 1.165) is 45.1 Å². The number of nitrogens with zero attached hydrogens (tertiary/aromatic N) is 6. The number of benzene rings is 1. The number of nitrogens with two attached hydrogens (primary N) is 1. The van der Waals surface area contributed by atoms with Gasteiger partial charge in [-0.05, 0) is 32.4 Å². The number of phenolic OH excluding ortho intramolecular Hbond substituents is 2. The number of hydrogen-bond donors (Lipinski definition) is 7. The first kappa shape index (κ1) is 41.4. The summed E-state index contributed by atoms with van der Waals surface area (Å²) in [5.74, 6) is -10.1. The Labute approximate surface area is 328 Å². The number of hydroxylamine groups is 2. The molecule has 2 aromatic rings. The smallest absolute Gasteiger partial charge is 0.350 e. The highest BCUT2D eigenvalue weighted by molar-refractivity contribution is 8.02. The van der Waals surface area contributed by atoms with Crippen molar-refractivity contribution in [2.24, 2.45) is 11.1 Å². The van der Waals surface area contributed by atoms with E-state index < -0.39 is 117 Å². The number of nitrogens with one attached hydrogen (secondary N) is 1. The Balaban J connectivity index is 1.19. The van der Waals surface area contributed by atoms with Crippen molar-refractivity contribution < 1.29 is 68.8 Å². The van der Waals surface area contributed by atoms with Crippen molar-refractivity contribution in [3.05, 3.63) is 33.8 Å². The Morgan fingerprint density at radius 2 is 1.84 bits per heavy atom. The van der Waals surface area contributed by atoms with Gasteiger partial charge in [0.15, 0.2) is 28.1 Å². The fourth-order valence-electron chi connectivity index (χ4n) is 5.70. The Bertz CT molecular complexity index is 2060. The Hall–Kier alpha value is -5.72. The van der Waals surface area contributed by atoms with Gasteiger partial charge in [0, 0.05) is 31.3 Å². The third kappa shape index (κ3) is 7.85. The van der Waals surface area contributed by atoms with Gasteiger partial charge in [-0.2, -0.15) is 0 Å². The van der Waals surface area contributed by atoms with Gasteiger partial charge in [-0.15, -0.1) is 11.3 Å². The first-order chi connectivity index (χ1) is 26.2. The molecular weight excluding hydrogens is 808 g/mol. The van der Waals surface area contributed by atoms with E-state index in [2.05, 4.69) is 15.6 Å². The van der Waals surface area contributed by atoms with Crippen LogP contribution in [0.5, 0.6) is 11.5 Å². The first-order valence-corrected chi connectivity index (χ1v) is 18.4. The number of aromatic nitrogens is 1. The van der Waals surface area contributed by atoms with Crippen LogP contribution in [0.2, 0.25) is 5.02 Å². The Kier molecular flexibility index (Phi) is 11.7. The summed E-state index contributed by atoms with van der Waals surface area (Å²) >= 11 is 7.53. The van der Waals surface area contributed by atoms with Crippen LogP contribution in [0.3, 0.4) is 0 Å². The van der Waals surface area contributed by atoms with Crippen LogP contribution >= 0.6 is 34.7 Å². The molecule has 3 atom stereocenters. The number of halogens is 1. The van der Waals surface area contributed by atoms with Crippen molar-refractivity contribution in [1.82, 2.24) is 30.3 Å². The molecule has 3 aliphatic heterocycles. The van der Waals surface area contributed by atoms with E-state index >= 15 is 0 Å². The fraction of sp³-hybridized carbons (Fsp3) is 0.419. The van der Waals surface area contributed by atoms with Crippen LogP contribution in [-0.2, 0) is 33.6 Å². The average molecular weight is 841 g/mol. The van der Waals surface area contributed by atoms with Crippen molar-refractivity contribution >= 4 is 92.8 Å². The number of aliphatic carboxylic acids is 2. The van der Waals surface area contributed by atoms with Gasteiger partial charge in [0.1, 0.15) is 5.69 Å². The molecule has 0 aliphatic carbocycles. The minimum atomic E-state index is -2.05. The van der Waals surface area contributed by atoms with Gasteiger partial charge < -0.3 is 35.9 Å². The van der Waals surface area contributed by atoms with Gasteiger partial charge in [-0.1, -0.05) is 28.5 Å². The number of carbonyl (C=O) groups excluding carboxylic acids is 6. The lowest BCUT2D eigenvalue weighted by atomic mass is 9.90. The molecule has 25 heteroatoms. The van der Waals surface area contributed by atoms with Crippen molar-refractivity contribution in [2.45, 2.75) is 49.0 Å². The number of amides is 5. The molecule has 56 heavy (non-hydrogen) atoms. The molecule has 0 saturated carbocycles. The van der Waals surface area contributed by atoms with E-state index in [4.69, 9.17) is 22.2 Å². The van der Waals surface area contributed by atoms with E-state index in [1.54, 1.807) is 0 Å². The van der Waals surface area contributed by atoms with Crippen LogP contribution in [0.25, 0.3) is 0 Å². The summed E-state index contributed by atoms with van der Waals surface area (Å²) in [6.45, 7) is 0.950. The minimum absolute atomic E-state index is 0.0343. The van der Waals surface area contributed by atoms with Crippen LogP contribution < -0.4 is 11.2 Å². The number of carboxylic acids is 2. The maximum atomic E-state index is 13.5. The molecule has 3 saturated heterocycles. The number of ketones is 2. The molecule has 0 spiro atoms. The molecule has 4 heterocycles. The Morgan fingerprint density at radius 1 is 1.14 bits per heavy atom. The number of nitrogen functional groups attached to an aromatic ring is 1. The molecule has 8 N–H and O–H groups in total. The second kappa shape index (κ2) is 15.8. The molecule has 3 aliphatic rings. The van der Waals surface area contributed by atoms with Gasteiger partial charge in [-0.3, -0.25) is 39.5 Å². The number of Topliss-reactive ketones (excluding diaryl/α,β-unsaturated/α-hetero) is 2. The third-order valence-corrected chi connectivity index (χ3v) is 11.7. The molecule has 5 amide bonds. The second-order valence-corrected chi connectivity index (χ2v) is 15.7. The SMILES string of the molecule is CC(C)(O/N=C(\C(=O)C[C@@H]1C(=O)N2C[C@@](C(=O)O)(N3CCN(NC(=O)C(=O)CCCN(O)C(=O)c4ccc(O)c(O)c4Cl)C3=O)S[C@H]12)c1csc(N)n1)C(=O)O. The minimum Gasteiger partial charge on any atom is -0.504 e. The van der Waals surface area contributed by atoms with Crippen LogP contribution in [0, 0.1) is 5.92 Å². The van der Waals surface area contributed by atoms with Crippen molar-refractivity contribution in [3.8, 4) is 11.5 Å². The summed E-state index contributed by atoms with van der Waals surface area (Å²) < 4.78 is 0. The molecule has 0 unspecified atom stereocenters. The number of urea groups is 1. The lowest BCUT2D eigenvalue weighted by molar-refractivity contribution is -0.161. The zero-order valence-corrected chi connectivity index (χ0v) is 31.6. The summed E-state index contributed by atoms with van der Waals surface area (Å²) in [6.07, 6.45) is -1.25. The van der Waals surface area contributed by atoms with Crippen LogP contribution in [0.4, 0.5) is 9.93 Å². The molecule has 22 nitrogen and oxygen atoms in total. The van der Waals surface area contributed by atoms with E-state index in [0.29, 0.717) is 0 Å². The van der Waals surface area contributed by atoms with Gasteiger partial charge in [-0.25, -0.2) is 29.4 Å². The van der Waals surface area contributed by atoms with Crippen molar-refractivity contribution in [1.29, 1.82) is 0 Å². The summed E-state index contributed by atoms with van der Waals surface area (Å²) in [5.41, 5.74) is 5.18. The third-order valence-electron chi connectivity index (χ3n) is 8.87. The number of rotatable bonds is 16. The second-order valence-electron chi connectivity index (χ2n) is 13.0. The predicted molar refractivity (Wildman–Crippen MR) is 191 cm³/mol. The summed E-state index contributed by atoms with van der Waals surface area (Å²) in [4.78, 5) is 111. The zero-order chi connectivity index (χ0) is 41.4. The number of hydrogen-bond acceptors (Lipinski definition) is 17. The molecule has 5 rings (SSSR count). The number of anilines is 1. The average Bonchev–Trinajstić information content (AvgIpc) is 3.85. The maximum Gasteiger partial charge on any atom is 0.350 e. The summed E-state index contributed by atoms with van der Waals surface area (Å²) in [6, 6.07) is 1.02. The highest BCUT2D eigenvalue weighted by Gasteiger charge is 2.66. The number of hydrazine groups is 1. The van der Waals surface area contributed by atoms with Gasteiger partial charge in [0.05, 0.1) is 35.0 Å². The molecule has 1 aromatic heterocycles. The fourth-order valence-corrected chi connectivity index (χ4v) is 8.19. The van der Waals surface area contributed by atoms with Gasteiger partial charge in [0.2, 0.25) is 22.2 Å². The van der Waals surface area contributed by atoms with Crippen LogP contribution in [-0.4, -0.2) is 145 Å². The highest BCUT2D eigenvalue weighted by atomic mass is 35.5. The summed E-state index contributed by atoms with van der Waals surface area (Å²) in [5, 5.41) is 53.8. The lowest BCUT2D eigenvalue weighted by Crippen LogP contribution is -2.60. The van der Waals surface area contributed by atoms with Crippen LogP contribution in [0.1, 0.15) is 49.2 Å². The molecule has 300 valence electrons. The van der Waals surface area contributed by atoms with E-state index in [-0.39, 0.29) is 41.0 Å². The predicted octanol–water partition coefficient (Wildman–Crippen LogP) is 0.295. The Morgan fingerprint density at radius 3 is 2.46 bits per heavy atom. The van der Waals surface area contributed by atoms with Crippen molar-refractivity contribution in [2.75, 3.05) is 31.9 Å².